The second kappa shape index (κ2) is 7.80. The minimum absolute atomic E-state index is 0.0853. The Morgan fingerprint density at radius 1 is 0.692 bits per heavy atom. The predicted octanol–water partition coefficient (Wildman–Crippen LogP) is 5.79. The van der Waals surface area contributed by atoms with Gasteiger partial charge in [0.2, 0.25) is 0 Å². The summed E-state index contributed by atoms with van der Waals surface area (Å²) in [6.45, 7) is 12.3. The minimum Gasteiger partial charge on any atom is -0.392 e. The highest BCUT2D eigenvalue weighted by molar-refractivity contribution is 5.31. The quantitative estimate of drug-likeness (QED) is 0.623. The monoisotopic (exact) mass is 360 g/mol. The molecule has 0 bridgehead atoms. The molecule has 148 valence electrons. The molecule has 0 radical (unpaired) electrons. The minimum atomic E-state index is -0.111. The second-order valence-corrected chi connectivity index (χ2v) is 10.1. The zero-order valence-electron chi connectivity index (χ0n) is 17.1. The Morgan fingerprint density at radius 3 is 1.19 bits per heavy atom. The summed E-state index contributed by atoms with van der Waals surface area (Å²) >= 11 is 0. The molecule has 0 amide bonds. The first kappa shape index (κ1) is 20.1. The molecule has 0 heterocycles. The van der Waals surface area contributed by atoms with E-state index in [1.54, 1.807) is 0 Å². The van der Waals surface area contributed by atoms with Gasteiger partial charge in [0, 0.05) is 10.8 Å². The van der Waals surface area contributed by atoms with E-state index in [9.17, 15) is 10.2 Å². The van der Waals surface area contributed by atoms with E-state index in [0.29, 0.717) is 11.8 Å². The molecule has 0 aliphatic heterocycles. The highest BCUT2D eigenvalue weighted by atomic mass is 16.3. The van der Waals surface area contributed by atoms with Gasteiger partial charge in [-0.15, -0.1) is 0 Å². The summed E-state index contributed by atoms with van der Waals surface area (Å²) in [6.07, 6.45) is 14.7. The number of hydrogen-bond donors (Lipinski definition) is 2. The first-order valence-corrected chi connectivity index (χ1v) is 11.0. The number of hydrogen-bond acceptors (Lipinski definition) is 2. The zero-order valence-corrected chi connectivity index (χ0v) is 17.1. The Labute approximate surface area is 160 Å². The smallest absolute Gasteiger partial charge is 0.0661 e. The molecule has 4 atom stereocenters. The van der Waals surface area contributed by atoms with Crippen LogP contribution in [0.3, 0.4) is 0 Å². The summed E-state index contributed by atoms with van der Waals surface area (Å²) in [6, 6.07) is 0. The van der Waals surface area contributed by atoms with Crippen molar-refractivity contribution >= 4 is 0 Å². The molecule has 2 nitrogen and oxygen atoms in total. The van der Waals surface area contributed by atoms with Gasteiger partial charge < -0.3 is 10.2 Å². The summed E-state index contributed by atoms with van der Waals surface area (Å²) in [7, 11) is 0. The Balaban J connectivity index is 0.000000151. The van der Waals surface area contributed by atoms with E-state index in [1.807, 2.05) is 0 Å². The summed E-state index contributed by atoms with van der Waals surface area (Å²) in [5.41, 5.74) is 2.68. The molecule has 0 aromatic rings. The lowest BCUT2D eigenvalue weighted by Crippen LogP contribution is -2.30. The van der Waals surface area contributed by atoms with E-state index in [2.05, 4.69) is 27.0 Å². The second-order valence-electron chi connectivity index (χ2n) is 10.1. The molecule has 4 rings (SSSR count). The summed E-state index contributed by atoms with van der Waals surface area (Å²) in [5, 5.41) is 20.4. The van der Waals surface area contributed by atoms with Gasteiger partial charge in [-0.05, 0) is 50.4 Å². The lowest BCUT2D eigenvalue weighted by molar-refractivity contribution is 0.0340. The molecule has 0 aromatic heterocycles. The molecule has 26 heavy (non-hydrogen) atoms. The third-order valence-corrected chi connectivity index (χ3v) is 8.02. The molecule has 2 heteroatoms. The van der Waals surface area contributed by atoms with Crippen LogP contribution >= 0.6 is 0 Å². The van der Waals surface area contributed by atoms with Gasteiger partial charge >= 0.3 is 0 Å². The fourth-order valence-electron chi connectivity index (χ4n) is 5.37. The van der Waals surface area contributed by atoms with Crippen molar-refractivity contribution in [2.45, 2.75) is 103 Å². The Hall–Kier alpha value is -0.600. The van der Waals surface area contributed by atoms with Crippen LogP contribution in [0.1, 0.15) is 90.9 Å². The Bertz CT molecular complexity index is 478. The maximum absolute atomic E-state index is 10.2. The van der Waals surface area contributed by atoms with Crippen molar-refractivity contribution in [2.75, 3.05) is 0 Å². The average Bonchev–Trinajstić information content (AvgIpc) is 3.50. The summed E-state index contributed by atoms with van der Waals surface area (Å²) < 4.78 is 0. The largest absolute Gasteiger partial charge is 0.392 e. The first-order valence-electron chi connectivity index (χ1n) is 11.0. The Morgan fingerprint density at radius 2 is 0.962 bits per heavy atom. The van der Waals surface area contributed by atoms with Crippen molar-refractivity contribution in [3.8, 4) is 0 Å². The maximum atomic E-state index is 10.2. The normalized spacial score (nSPS) is 37.5. The van der Waals surface area contributed by atoms with Crippen LogP contribution in [0.25, 0.3) is 0 Å². The molecule has 0 unspecified atom stereocenters. The van der Waals surface area contributed by atoms with Crippen molar-refractivity contribution in [3.05, 3.63) is 24.3 Å². The molecule has 4 fully saturated rings. The molecule has 4 aliphatic rings. The van der Waals surface area contributed by atoms with Crippen molar-refractivity contribution < 1.29 is 10.2 Å². The van der Waals surface area contributed by atoms with Gasteiger partial charge in [-0.3, -0.25) is 0 Å². The topological polar surface area (TPSA) is 40.5 Å². The van der Waals surface area contributed by atoms with Crippen LogP contribution in [0.2, 0.25) is 0 Å². The van der Waals surface area contributed by atoms with Crippen molar-refractivity contribution in [1.29, 1.82) is 0 Å². The molecular weight excluding hydrogens is 320 g/mol. The molecule has 0 aromatic carbocycles. The molecule has 0 saturated heterocycles. The van der Waals surface area contributed by atoms with Gasteiger partial charge in [0.25, 0.3) is 0 Å². The molecule has 4 aliphatic carbocycles. The number of aliphatic hydroxyl groups is 2. The molecule has 0 spiro atoms. The van der Waals surface area contributed by atoms with E-state index in [1.165, 1.54) is 75.4 Å². The van der Waals surface area contributed by atoms with Gasteiger partial charge in [0.15, 0.2) is 0 Å². The van der Waals surface area contributed by atoms with Crippen LogP contribution in [-0.4, -0.2) is 22.4 Å². The first-order chi connectivity index (χ1) is 12.3. The molecular formula is C24H40O2. The third kappa shape index (κ3) is 4.12. The highest BCUT2D eigenvalue weighted by Crippen LogP contribution is 2.57. The van der Waals surface area contributed by atoms with E-state index in [-0.39, 0.29) is 23.0 Å². The fourth-order valence-corrected chi connectivity index (χ4v) is 5.37. The zero-order chi connectivity index (χ0) is 18.9. The van der Waals surface area contributed by atoms with Crippen molar-refractivity contribution in [2.24, 2.45) is 22.7 Å². The standard InChI is InChI=1S/2C12H20O/c2*1-9-8-12(9,2)11(13)10-6-4-3-5-7-10/h2*10-11,13H,1,3-8H2,2H3/t2*11-,12+/m00/s1. The lowest BCUT2D eigenvalue weighted by atomic mass is 9.79. The highest BCUT2D eigenvalue weighted by Gasteiger charge is 2.51. The van der Waals surface area contributed by atoms with Crippen molar-refractivity contribution in [3.63, 3.8) is 0 Å². The lowest BCUT2D eigenvalue weighted by Gasteiger charge is -2.30. The number of rotatable bonds is 4. The predicted molar refractivity (Wildman–Crippen MR) is 109 cm³/mol. The van der Waals surface area contributed by atoms with Gasteiger partial charge in [0.1, 0.15) is 0 Å². The van der Waals surface area contributed by atoms with Gasteiger partial charge in [0.05, 0.1) is 12.2 Å². The summed E-state index contributed by atoms with van der Waals surface area (Å²) in [4.78, 5) is 0. The number of aliphatic hydroxyl groups excluding tert-OH is 2. The van der Waals surface area contributed by atoms with Gasteiger partial charge in [-0.1, -0.05) is 76.7 Å². The SMILES string of the molecule is C=C1C[C@@]1(C)[C@@H](O)C1CCCCC1.C=C1C[C@@]1(C)[C@@H](O)C1CCCCC1. The Kier molecular flexibility index (Phi) is 6.04. The van der Waals surface area contributed by atoms with Crippen LogP contribution < -0.4 is 0 Å². The van der Waals surface area contributed by atoms with E-state index >= 15 is 0 Å². The van der Waals surface area contributed by atoms with Crippen LogP contribution in [0, 0.1) is 22.7 Å². The van der Waals surface area contributed by atoms with E-state index in [0.717, 1.165) is 12.8 Å². The van der Waals surface area contributed by atoms with Crippen LogP contribution in [0.15, 0.2) is 24.3 Å². The maximum Gasteiger partial charge on any atom is 0.0661 e. The van der Waals surface area contributed by atoms with Crippen LogP contribution in [-0.2, 0) is 0 Å². The van der Waals surface area contributed by atoms with Gasteiger partial charge in [-0.2, -0.15) is 0 Å². The average molecular weight is 361 g/mol. The summed E-state index contributed by atoms with van der Waals surface area (Å²) in [5.74, 6) is 1.11. The molecule has 4 saturated carbocycles. The fraction of sp³-hybridized carbons (Fsp3) is 0.833. The van der Waals surface area contributed by atoms with Crippen LogP contribution in [0.4, 0.5) is 0 Å². The van der Waals surface area contributed by atoms with Crippen LogP contribution in [0.5, 0.6) is 0 Å². The van der Waals surface area contributed by atoms with E-state index in [4.69, 9.17) is 0 Å². The third-order valence-electron chi connectivity index (χ3n) is 8.02. The van der Waals surface area contributed by atoms with Crippen molar-refractivity contribution in [1.82, 2.24) is 0 Å². The molecule has 2 N–H and O–H groups in total. The van der Waals surface area contributed by atoms with E-state index < -0.39 is 0 Å². The van der Waals surface area contributed by atoms with Gasteiger partial charge in [-0.25, -0.2) is 0 Å².